The van der Waals surface area contributed by atoms with E-state index in [9.17, 15) is 18.4 Å². The molecule has 6 nitrogen and oxygen atoms in total. The predicted octanol–water partition coefficient (Wildman–Crippen LogP) is 2.94. The van der Waals surface area contributed by atoms with Crippen molar-refractivity contribution < 1.29 is 27.8 Å². The van der Waals surface area contributed by atoms with Crippen LogP contribution >= 0.6 is 0 Å². The number of nitrogens with one attached hydrogen (secondary N) is 1. The fourth-order valence-electron chi connectivity index (χ4n) is 2.23. The number of rotatable bonds is 5. The van der Waals surface area contributed by atoms with Crippen LogP contribution in [0.2, 0.25) is 0 Å². The second-order valence-corrected chi connectivity index (χ2v) is 5.54. The van der Waals surface area contributed by atoms with E-state index in [0.717, 1.165) is 18.2 Å². The summed E-state index contributed by atoms with van der Waals surface area (Å²) in [6, 6.07) is 5.63. The number of amides is 2. The third-order valence-corrected chi connectivity index (χ3v) is 3.59. The molecule has 0 atom stereocenters. The Morgan fingerprint density at radius 2 is 1.58 bits per heavy atom. The monoisotopic (exact) mass is 364 g/mol. The Bertz CT molecular complexity index is 853. The lowest BCUT2D eigenvalue weighted by Crippen LogP contribution is -2.24. The zero-order valence-electron chi connectivity index (χ0n) is 14.7. The maximum absolute atomic E-state index is 13.4. The Balaban J connectivity index is 2.47. The molecule has 26 heavy (non-hydrogen) atoms. The summed E-state index contributed by atoms with van der Waals surface area (Å²) in [7, 11) is 5.94. The Hall–Kier alpha value is -3.16. The molecule has 2 amide bonds. The molecule has 2 aromatic carbocycles. The van der Waals surface area contributed by atoms with Crippen molar-refractivity contribution in [2.75, 3.05) is 33.6 Å². The van der Waals surface area contributed by atoms with Crippen molar-refractivity contribution in [2.45, 2.75) is 0 Å². The molecule has 0 unspecified atom stereocenters. The van der Waals surface area contributed by atoms with Crippen LogP contribution in [0.1, 0.15) is 20.7 Å². The number of methoxy groups -OCH3 is 2. The summed E-state index contributed by atoms with van der Waals surface area (Å²) in [5.41, 5.74) is 0.210. The van der Waals surface area contributed by atoms with E-state index < -0.39 is 17.5 Å². The SMILES string of the molecule is COc1cc(NC(=O)c2ccc(F)c(F)c2)c(C(=O)N(C)C)cc1OC. The van der Waals surface area contributed by atoms with E-state index in [4.69, 9.17) is 9.47 Å². The van der Waals surface area contributed by atoms with Crippen LogP contribution in [-0.2, 0) is 0 Å². The number of nitrogens with zero attached hydrogens (tertiary/aromatic N) is 1. The van der Waals surface area contributed by atoms with Crippen molar-refractivity contribution in [1.29, 1.82) is 0 Å². The van der Waals surface area contributed by atoms with Crippen LogP contribution in [0.15, 0.2) is 30.3 Å². The van der Waals surface area contributed by atoms with Gasteiger partial charge in [0.05, 0.1) is 25.5 Å². The van der Waals surface area contributed by atoms with E-state index in [1.54, 1.807) is 14.1 Å². The van der Waals surface area contributed by atoms with Gasteiger partial charge in [0.1, 0.15) is 0 Å². The highest BCUT2D eigenvalue weighted by Crippen LogP contribution is 2.34. The molecular formula is C18H18F2N2O4. The molecule has 0 aromatic heterocycles. The average Bonchev–Trinajstić information content (AvgIpc) is 2.62. The lowest BCUT2D eigenvalue weighted by Gasteiger charge is -2.18. The fraction of sp³-hybridized carbons (Fsp3) is 0.222. The van der Waals surface area contributed by atoms with Crippen LogP contribution in [0.5, 0.6) is 11.5 Å². The molecule has 0 radical (unpaired) electrons. The zero-order valence-corrected chi connectivity index (χ0v) is 14.7. The first-order valence-electron chi connectivity index (χ1n) is 7.52. The van der Waals surface area contributed by atoms with E-state index >= 15 is 0 Å². The van der Waals surface area contributed by atoms with Crippen LogP contribution in [0.25, 0.3) is 0 Å². The first-order chi connectivity index (χ1) is 12.3. The fourth-order valence-corrected chi connectivity index (χ4v) is 2.23. The molecule has 0 fully saturated rings. The highest BCUT2D eigenvalue weighted by molar-refractivity contribution is 6.09. The summed E-state index contributed by atoms with van der Waals surface area (Å²) < 4.78 is 36.8. The van der Waals surface area contributed by atoms with Gasteiger partial charge in [-0.15, -0.1) is 0 Å². The number of benzene rings is 2. The largest absolute Gasteiger partial charge is 0.493 e. The molecule has 0 saturated heterocycles. The van der Waals surface area contributed by atoms with E-state index in [1.807, 2.05) is 0 Å². The third kappa shape index (κ3) is 3.90. The first-order valence-corrected chi connectivity index (χ1v) is 7.52. The molecule has 0 heterocycles. The maximum Gasteiger partial charge on any atom is 0.255 e. The van der Waals surface area contributed by atoms with E-state index in [-0.39, 0.29) is 22.7 Å². The molecule has 0 bridgehead atoms. The molecular weight excluding hydrogens is 346 g/mol. The van der Waals surface area contributed by atoms with E-state index in [0.29, 0.717) is 11.5 Å². The molecule has 0 aliphatic heterocycles. The van der Waals surface area contributed by atoms with Crippen LogP contribution < -0.4 is 14.8 Å². The molecule has 2 rings (SSSR count). The van der Waals surface area contributed by atoms with E-state index in [1.165, 1.54) is 31.3 Å². The van der Waals surface area contributed by atoms with Gasteiger partial charge in [0.2, 0.25) is 0 Å². The van der Waals surface area contributed by atoms with Gasteiger partial charge in [-0.05, 0) is 24.3 Å². The molecule has 0 saturated carbocycles. The Labute approximate surface area is 149 Å². The topological polar surface area (TPSA) is 67.9 Å². The molecule has 0 aliphatic carbocycles. The van der Waals surface area contributed by atoms with Crippen molar-refractivity contribution in [2.24, 2.45) is 0 Å². The number of ether oxygens (including phenoxy) is 2. The van der Waals surface area contributed by atoms with Crippen LogP contribution in [0.4, 0.5) is 14.5 Å². The minimum absolute atomic E-state index is 0.0954. The van der Waals surface area contributed by atoms with Gasteiger partial charge in [-0.1, -0.05) is 0 Å². The maximum atomic E-state index is 13.4. The van der Waals surface area contributed by atoms with Crippen LogP contribution in [-0.4, -0.2) is 45.0 Å². The van der Waals surface area contributed by atoms with Gasteiger partial charge in [-0.25, -0.2) is 8.78 Å². The van der Waals surface area contributed by atoms with Crippen LogP contribution in [0.3, 0.4) is 0 Å². The summed E-state index contributed by atoms with van der Waals surface area (Å²) in [5.74, 6) is -2.69. The summed E-state index contributed by atoms with van der Waals surface area (Å²) >= 11 is 0. The highest BCUT2D eigenvalue weighted by atomic mass is 19.2. The Morgan fingerprint density at radius 3 is 2.12 bits per heavy atom. The van der Waals surface area contributed by atoms with Gasteiger partial charge < -0.3 is 19.7 Å². The minimum Gasteiger partial charge on any atom is -0.493 e. The summed E-state index contributed by atoms with van der Waals surface area (Å²) in [4.78, 5) is 26.1. The lowest BCUT2D eigenvalue weighted by atomic mass is 10.1. The van der Waals surface area contributed by atoms with Gasteiger partial charge in [-0.3, -0.25) is 9.59 Å². The summed E-state index contributed by atoms with van der Waals surface area (Å²) in [5, 5.41) is 2.52. The number of anilines is 1. The molecule has 0 spiro atoms. The smallest absolute Gasteiger partial charge is 0.255 e. The predicted molar refractivity (Wildman–Crippen MR) is 91.9 cm³/mol. The average molecular weight is 364 g/mol. The minimum atomic E-state index is -1.14. The van der Waals surface area contributed by atoms with Gasteiger partial charge in [0.25, 0.3) is 11.8 Å². The normalized spacial score (nSPS) is 10.2. The van der Waals surface area contributed by atoms with Crippen molar-refractivity contribution in [3.63, 3.8) is 0 Å². The van der Waals surface area contributed by atoms with Crippen LogP contribution in [0, 0.1) is 11.6 Å². The molecule has 138 valence electrons. The summed E-state index contributed by atoms with van der Waals surface area (Å²) in [6.45, 7) is 0. The highest BCUT2D eigenvalue weighted by Gasteiger charge is 2.20. The lowest BCUT2D eigenvalue weighted by molar-refractivity contribution is 0.0828. The summed E-state index contributed by atoms with van der Waals surface area (Å²) in [6.07, 6.45) is 0. The van der Waals surface area contributed by atoms with Crippen molar-refractivity contribution in [3.8, 4) is 11.5 Å². The van der Waals surface area contributed by atoms with E-state index in [2.05, 4.69) is 5.32 Å². The van der Waals surface area contributed by atoms with Gasteiger partial charge in [0, 0.05) is 25.7 Å². The second-order valence-electron chi connectivity index (χ2n) is 5.54. The Morgan fingerprint density at radius 1 is 0.962 bits per heavy atom. The van der Waals surface area contributed by atoms with Gasteiger partial charge >= 0.3 is 0 Å². The van der Waals surface area contributed by atoms with Crippen molar-refractivity contribution in [1.82, 2.24) is 4.90 Å². The number of hydrogen-bond donors (Lipinski definition) is 1. The quantitative estimate of drug-likeness (QED) is 0.886. The van der Waals surface area contributed by atoms with Gasteiger partial charge in [-0.2, -0.15) is 0 Å². The standard InChI is InChI=1S/C18H18F2N2O4/c1-22(2)18(24)11-8-15(25-3)16(26-4)9-14(11)21-17(23)10-5-6-12(19)13(20)7-10/h5-9H,1-4H3,(H,21,23). The van der Waals surface area contributed by atoms with Crippen molar-refractivity contribution >= 4 is 17.5 Å². The number of hydrogen-bond acceptors (Lipinski definition) is 4. The van der Waals surface area contributed by atoms with Gasteiger partial charge in [0.15, 0.2) is 23.1 Å². The first kappa shape index (κ1) is 19.2. The molecule has 1 N–H and O–H groups in total. The van der Waals surface area contributed by atoms with Crippen molar-refractivity contribution in [3.05, 3.63) is 53.1 Å². The molecule has 2 aromatic rings. The third-order valence-electron chi connectivity index (χ3n) is 3.59. The number of carbonyl (C=O) groups excluding carboxylic acids is 2. The zero-order chi connectivity index (χ0) is 19.4. The molecule has 8 heteroatoms. The molecule has 0 aliphatic rings. The number of carbonyl (C=O) groups is 2. The Kier molecular flexibility index (Phi) is 5.76. The second kappa shape index (κ2) is 7.81. The number of halogens is 2.